The van der Waals surface area contributed by atoms with Crippen LogP contribution in [0.25, 0.3) is 0 Å². The number of primary amides is 1. The molecule has 3 aromatic rings. The van der Waals surface area contributed by atoms with Crippen LogP contribution in [0.2, 0.25) is 0 Å². The van der Waals surface area contributed by atoms with Crippen LogP contribution in [0.5, 0.6) is 0 Å². The van der Waals surface area contributed by atoms with Gasteiger partial charge in [-0.3, -0.25) is 14.4 Å². The van der Waals surface area contributed by atoms with Crippen LogP contribution in [0, 0.1) is 11.8 Å². The van der Waals surface area contributed by atoms with Gasteiger partial charge in [-0.05, 0) is 62.6 Å². The number of hydrogen-bond donors (Lipinski definition) is 5. The molecule has 6 N–H and O–H groups in total. The predicted octanol–water partition coefficient (Wildman–Crippen LogP) is 4.48. The third-order valence-corrected chi connectivity index (χ3v) is 8.42. The molecule has 0 radical (unpaired) electrons. The lowest BCUT2D eigenvalue weighted by atomic mass is 9.88. The van der Waals surface area contributed by atoms with Gasteiger partial charge in [-0.25, -0.2) is 4.79 Å². The molecule has 3 rings (SSSR count). The summed E-state index contributed by atoms with van der Waals surface area (Å²) in [4.78, 5) is 53.0. The highest BCUT2D eigenvalue weighted by molar-refractivity contribution is 5.92. The molecule has 4 amide bonds. The first kappa shape index (κ1) is 38.7. The fourth-order valence-electron chi connectivity index (χ4n) is 5.55. The summed E-state index contributed by atoms with van der Waals surface area (Å²) in [6.45, 7) is 9.03. The van der Waals surface area contributed by atoms with Crippen LogP contribution in [0.4, 0.5) is 4.79 Å². The van der Waals surface area contributed by atoms with E-state index in [1.54, 1.807) is 20.8 Å². The maximum atomic E-state index is 14.1. The first-order valence-corrected chi connectivity index (χ1v) is 16.9. The first-order chi connectivity index (χ1) is 23.3. The molecule has 0 heterocycles. The lowest BCUT2D eigenvalue weighted by molar-refractivity contribution is -0.134. The monoisotopic (exact) mass is 672 g/mol. The third-order valence-electron chi connectivity index (χ3n) is 8.42. The average molecular weight is 673 g/mol. The van der Waals surface area contributed by atoms with Crippen molar-refractivity contribution in [2.45, 2.75) is 96.6 Å². The van der Waals surface area contributed by atoms with Crippen LogP contribution in [0.3, 0.4) is 0 Å². The van der Waals surface area contributed by atoms with Crippen LogP contribution < -0.4 is 21.7 Å². The number of aliphatic hydroxyl groups is 1. The minimum Gasteiger partial charge on any atom is -0.444 e. The number of nitrogens with two attached hydrogens (primary N) is 1. The quantitative estimate of drug-likeness (QED) is 0.142. The summed E-state index contributed by atoms with van der Waals surface area (Å²) in [5.41, 5.74) is 7.52. The van der Waals surface area contributed by atoms with Crippen molar-refractivity contribution in [2.24, 2.45) is 17.6 Å². The zero-order chi connectivity index (χ0) is 36.0. The van der Waals surface area contributed by atoms with Gasteiger partial charge in [0.2, 0.25) is 17.7 Å². The van der Waals surface area contributed by atoms with Crippen LogP contribution in [-0.4, -0.2) is 58.8 Å². The Balaban J connectivity index is 1.86. The molecule has 0 aliphatic carbocycles. The predicted molar refractivity (Wildman–Crippen MR) is 190 cm³/mol. The molecule has 264 valence electrons. The molecule has 3 aromatic carbocycles. The molecule has 0 aromatic heterocycles. The van der Waals surface area contributed by atoms with Crippen molar-refractivity contribution in [3.05, 3.63) is 108 Å². The summed E-state index contributed by atoms with van der Waals surface area (Å²) >= 11 is 0. The fourth-order valence-corrected chi connectivity index (χ4v) is 5.55. The van der Waals surface area contributed by atoms with Crippen molar-refractivity contribution in [3.63, 3.8) is 0 Å². The van der Waals surface area contributed by atoms with Crippen molar-refractivity contribution in [1.29, 1.82) is 0 Å². The standard InChI is InChI=1S/C39H52N4O6/c1-6-26(2)34(37(47)41-32(35(40)45)24-29-20-14-9-15-21-29)43-36(46)30(22-27-16-10-7-11-17-27)25-33(44)31(23-28-18-12-8-13-19-28)42-38(48)49-39(3,4)5/h7-21,26,30-34,44H,6,22-25H2,1-5H3,(H2,40,45)(H,41,47)(H,42,48)(H,43,46)/t26-,30+,31-,32-,33+,34+/m0/s1. The SMILES string of the molecule is CC[C@H](C)[C@@H](NC(=O)[C@H](Cc1ccccc1)C[C@@H](O)[C@H](Cc1ccccc1)NC(=O)OC(C)(C)C)C(=O)N[C@@H](Cc1ccccc1)C(N)=O. The van der Waals surface area contributed by atoms with E-state index in [4.69, 9.17) is 10.5 Å². The van der Waals surface area contributed by atoms with Crippen molar-refractivity contribution >= 4 is 23.8 Å². The normalized spacial score (nSPS) is 15.1. The number of alkyl carbamates (subject to hydrolysis) is 1. The maximum Gasteiger partial charge on any atom is 0.407 e. The molecular formula is C39H52N4O6. The van der Waals surface area contributed by atoms with E-state index >= 15 is 0 Å². The second kappa shape index (κ2) is 18.7. The molecule has 0 fully saturated rings. The van der Waals surface area contributed by atoms with E-state index < -0.39 is 59.6 Å². The summed E-state index contributed by atoms with van der Waals surface area (Å²) in [5, 5.41) is 20.2. The zero-order valence-corrected chi connectivity index (χ0v) is 29.2. The minimum atomic E-state index is -1.15. The van der Waals surface area contributed by atoms with Crippen LogP contribution in [0.15, 0.2) is 91.0 Å². The van der Waals surface area contributed by atoms with E-state index in [9.17, 15) is 24.3 Å². The number of carbonyl (C=O) groups excluding carboxylic acids is 4. The van der Waals surface area contributed by atoms with Gasteiger partial charge in [0.05, 0.1) is 12.1 Å². The highest BCUT2D eigenvalue weighted by Crippen LogP contribution is 2.21. The van der Waals surface area contributed by atoms with Gasteiger partial charge in [-0.15, -0.1) is 0 Å². The van der Waals surface area contributed by atoms with E-state index in [2.05, 4.69) is 16.0 Å². The van der Waals surface area contributed by atoms with E-state index in [1.807, 2.05) is 105 Å². The molecule has 0 bridgehead atoms. The Kier molecular flexibility index (Phi) is 14.8. The lowest BCUT2D eigenvalue weighted by Gasteiger charge is -2.31. The summed E-state index contributed by atoms with van der Waals surface area (Å²) in [6.07, 6.45) is -0.475. The largest absolute Gasteiger partial charge is 0.444 e. The number of aliphatic hydroxyl groups excluding tert-OH is 1. The summed E-state index contributed by atoms with van der Waals surface area (Å²) in [7, 11) is 0. The molecule has 0 aliphatic rings. The van der Waals surface area contributed by atoms with Gasteiger partial charge in [0.25, 0.3) is 0 Å². The van der Waals surface area contributed by atoms with E-state index in [0.717, 1.165) is 16.7 Å². The number of rotatable bonds is 17. The summed E-state index contributed by atoms with van der Waals surface area (Å²) < 4.78 is 5.49. The number of hydrogen-bond acceptors (Lipinski definition) is 6. The number of nitrogens with one attached hydrogen (secondary N) is 3. The Morgan fingerprint density at radius 1 is 0.735 bits per heavy atom. The number of carbonyl (C=O) groups is 4. The minimum absolute atomic E-state index is 0.0131. The van der Waals surface area contributed by atoms with Gasteiger partial charge >= 0.3 is 6.09 Å². The number of ether oxygens (including phenoxy) is 1. The Labute approximate surface area is 290 Å². The topological polar surface area (TPSA) is 160 Å². The zero-order valence-electron chi connectivity index (χ0n) is 29.2. The average Bonchev–Trinajstić information content (AvgIpc) is 3.06. The van der Waals surface area contributed by atoms with E-state index in [-0.39, 0.29) is 25.2 Å². The fraction of sp³-hybridized carbons (Fsp3) is 0.436. The Morgan fingerprint density at radius 3 is 1.69 bits per heavy atom. The van der Waals surface area contributed by atoms with E-state index in [0.29, 0.717) is 12.8 Å². The van der Waals surface area contributed by atoms with Crippen LogP contribution in [0.1, 0.15) is 64.2 Å². The highest BCUT2D eigenvalue weighted by Gasteiger charge is 2.34. The molecule has 10 nitrogen and oxygen atoms in total. The molecule has 0 saturated carbocycles. The highest BCUT2D eigenvalue weighted by atomic mass is 16.6. The molecule has 0 aliphatic heterocycles. The van der Waals surface area contributed by atoms with Crippen LogP contribution >= 0.6 is 0 Å². The van der Waals surface area contributed by atoms with Gasteiger partial charge in [-0.1, -0.05) is 111 Å². The smallest absolute Gasteiger partial charge is 0.407 e. The van der Waals surface area contributed by atoms with Crippen LogP contribution in [-0.2, 0) is 38.4 Å². The van der Waals surface area contributed by atoms with Gasteiger partial charge < -0.3 is 31.5 Å². The lowest BCUT2D eigenvalue weighted by Crippen LogP contribution is -2.56. The third kappa shape index (κ3) is 13.4. The van der Waals surface area contributed by atoms with Gasteiger partial charge in [-0.2, -0.15) is 0 Å². The maximum absolute atomic E-state index is 14.1. The molecule has 0 saturated heterocycles. The molecular weight excluding hydrogens is 620 g/mol. The summed E-state index contributed by atoms with van der Waals surface area (Å²) in [6, 6.07) is 25.4. The molecule has 10 heteroatoms. The molecule has 0 unspecified atom stereocenters. The van der Waals surface area contributed by atoms with Crippen molar-refractivity contribution < 1.29 is 29.0 Å². The van der Waals surface area contributed by atoms with Gasteiger partial charge in [0.15, 0.2) is 0 Å². The molecule has 6 atom stereocenters. The van der Waals surface area contributed by atoms with Gasteiger partial charge in [0.1, 0.15) is 17.7 Å². The molecule has 0 spiro atoms. The Bertz CT molecular complexity index is 1480. The molecule has 49 heavy (non-hydrogen) atoms. The van der Waals surface area contributed by atoms with Crippen molar-refractivity contribution in [3.8, 4) is 0 Å². The van der Waals surface area contributed by atoms with E-state index in [1.165, 1.54) is 0 Å². The van der Waals surface area contributed by atoms with Crippen molar-refractivity contribution in [1.82, 2.24) is 16.0 Å². The second-order valence-corrected chi connectivity index (χ2v) is 13.7. The number of amides is 4. The summed E-state index contributed by atoms with van der Waals surface area (Å²) in [5.74, 6) is -2.69. The van der Waals surface area contributed by atoms with Gasteiger partial charge in [0, 0.05) is 12.3 Å². The number of benzene rings is 3. The Morgan fingerprint density at radius 2 is 1.22 bits per heavy atom. The first-order valence-electron chi connectivity index (χ1n) is 16.9. The van der Waals surface area contributed by atoms with Crippen molar-refractivity contribution in [2.75, 3.05) is 0 Å². The Hall–Kier alpha value is -4.70. The second-order valence-electron chi connectivity index (χ2n) is 13.7.